The molecule has 0 aliphatic heterocycles. The van der Waals surface area contributed by atoms with E-state index in [0.29, 0.717) is 0 Å². The fourth-order valence-electron chi connectivity index (χ4n) is 1.38. The van der Waals surface area contributed by atoms with E-state index in [4.69, 9.17) is 10.7 Å². The first kappa shape index (κ1) is 11.2. The SMILES string of the molecule is C[C@@H]([C@H](ON)c1ccccc1)N(C)C. The summed E-state index contributed by atoms with van der Waals surface area (Å²) < 4.78 is 0. The fourth-order valence-corrected chi connectivity index (χ4v) is 1.38. The van der Waals surface area contributed by atoms with Gasteiger partial charge in [0.25, 0.3) is 0 Å². The van der Waals surface area contributed by atoms with Crippen LogP contribution in [0.4, 0.5) is 0 Å². The Labute approximate surface area is 85.4 Å². The van der Waals surface area contributed by atoms with Gasteiger partial charge in [0.05, 0.1) is 0 Å². The smallest absolute Gasteiger partial charge is 0.119 e. The second-order valence-electron chi connectivity index (χ2n) is 3.67. The van der Waals surface area contributed by atoms with Gasteiger partial charge in [0.1, 0.15) is 6.10 Å². The van der Waals surface area contributed by atoms with Crippen LogP contribution in [0.2, 0.25) is 0 Å². The molecule has 0 saturated heterocycles. The summed E-state index contributed by atoms with van der Waals surface area (Å²) in [4.78, 5) is 7.11. The maximum absolute atomic E-state index is 5.32. The van der Waals surface area contributed by atoms with Crippen LogP contribution in [-0.4, -0.2) is 25.0 Å². The third kappa shape index (κ3) is 2.54. The van der Waals surface area contributed by atoms with Crippen molar-refractivity contribution in [1.82, 2.24) is 4.90 Å². The average Bonchev–Trinajstić information content (AvgIpc) is 2.20. The van der Waals surface area contributed by atoms with Crippen LogP contribution >= 0.6 is 0 Å². The van der Waals surface area contributed by atoms with Crippen LogP contribution in [0.1, 0.15) is 18.6 Å². The maximum atomic E-state index is 5.32. The van der Waals surface area contributed by atoms with Crippen molar-refractivity contribution in [2.45, 2.75) is 19.1 Å². The topological polar surface area (TPSA) is 38.5 Å². The second kappa shape index (κ2) is 5.10. The fraction of sp³-hybridized carbons (Fsp3) is 0.455. The van der Waals surface area contributed by atoms with Crippen LogP contribution in [0.15, 0.2) is 30.3 Å². The van der Waals surface area contributed by atoms with E-state index >= 15 is 0 Å². The number of hydrogen-bond acceptors (Lipinski definition) is 3. The van der Waals surface area contributed by atoms with Crippen LogP contribution in [0.3, 0.4) is 0 Å². The molecule has 1 aromatic carbocycles. The van der Waals surface area contributed by atoms with Crippen molar-refractivity contribution in [3.05, 3.63) is 35.9 Å². The average molecular weight is 194 g/mol. The highest BCUT2D eigenvalue weighted by Crippen LogP contribution is 2.21. The first-order chi connectivity index (χ1) is 6.66. The van der Waals surface area contributed by atoms with Gasteiger partial charge >= 0.3 is 0 Å². The molecule has 0 aliphatic carbocycles. The number of nitrogens with zero attached hydrogens (tertiary/aromatic N) is 1. The Morgan fingerprint density at radius 1 is 1.21 bits per heavy atom. The summed E-state index contributed by atoms with van der Waals surface area (Å²) in [6.07, 6.45) is -0.0776. The number of hydrogen-bond donors (Lipinski definition) is 1. The zero-order valence-corrected chi connectivity index (χ0v) is 8.97. The Bertz CT molecular complexity index is 261. The standard InChI is InChI=1S/C11H18N2O/c1-9(13(2)3)11(14-12)10-7-5-4-6-8-10/h4-9,11H,12H2,1-3H3/t9-,11-/m0/s1. The molecule has 1 aromatic rings. The molecule has 14 heavy (non-hydrogen) atoms. The minimum absolute atomic E-state index is 0.0776. The molecule has 78 valence electrons. The zero-order chi connectivity index (χ0) is 10.6. The van der Waals surface area contributed by atoms with Crippen molar-refractivity contribution >= 4 is 0 Å². The molecule has 0 aromatic heterocycles. The summed E-state index contributed by atoms with van der Waals surface area (Å²) in [5.41, 5.74) is 1.11. The molecule has 0 spiro atoms. The van der Waals surface area contributed by atoms with Gasteiger partial charge in [-0.1, -0.05) is 30.3 Å². The van der Waals surface area contributed by atoms with E-state index in [2.05, 4.69) is 11.8 Å². The first-order valence-electron chi connectivity index (χ1n) is 4.73. The summed E-state index contributed by atoms with van der Waals surface area (Å²) in [7, 11) is 4.03. The Morgan fingerprint density at radius 2 is 1.79 bits per heavy atom. The van der Waals surface area contributed by atoms with E-state index in [9.17, 15) is 0 Å². The predicted molar refractivity (Wildman–Crippen MR) is 57.6 cm³/mol. The van der Waals surface area contributed by atoms with Gasteiger partial charge in [-0.3, -0.25) is 4.84 Å². The van der Waals surface area contributed by atoms with Gasteiger partial charge in [-0.2, -0.15) is 0 Å². The van der Waals surface area contributed by atoms with Crippen molar-refractivity contribution in [1.29, 1.82) is 0 Å². The van der Waals surface area contributed by atoms with E-state index in [1.54, 1.807) is 0 Å². The van der Waals surface area contributed by atoms with E-state index in [0.717, 1.165) is 5.56 Å². The minimum atomic E-state index is -0.0776. The summed E-state index contributed by atoms with van der Waals surface area (Å²) in [5, 5.41) is 0. The van der Waals surface area contributed by atoms with Gasteiger partial charge in [-0.15, -0.1) is 0 Å². The molecule has 0 aliphatic rings. The van der Waals surface area contributed by atoms with Crippen LogP contribution in [0.5, 0.6) is 0 Å². The van der Waals surface area contributed by atoms with E-state index in [-0.39, 0.29) is 12.1 Å². The Hall–Kier alpha value is -0.900. The van der Waals surface area contributed by atoms with Gasteiger partial charge in [-0.25, -0.2) is 5.90 Å². The quantitative estimate of drug-likeness (QED) is 0.739. The molecule has 0 saturated carbocycles. The van der Waals surface area contributed by atoms with Gasteiger partial charge in [-0.05, 0) is 26.6 Å². The lowest BCUT2D eigenvalue weighted by molar-refractivity contribution is 0.00165. The summed E-state index contributed by atoms with van der Waals surface area (Å²) in [6.45, 7) is 2.09. The molecule has 0 heterocycles. The Balaban J connectivity index is 2.82. The lowest BCUT2D eigenvalue weighted by Crippen LogP contribution is -2.33. The zero-order valence-electron chi connectivity index (χ0n) is 8.97. The van der Waals surface area contributed by atoms with Crippen LogP contribution in [-0.2, 0) is 4.84 Å². The number of nitrogens with two attached hydrogens (primary N) is 1. The third-order valence-electron chi connectivity index (χ3n) is 2.53. The highest BCUT2D eigenvalue weighted by molar-refractivity contribution is 5.18. The van der Waals surface area contributed by atoms with Crippen LogP contribution in [0.25, 0.3) is 0 Å². The van der Waals surface area contributed by atoms with E-state index in [1.165, 1.54) is 0 Å². The summed E-state index contributed by atoms with van der Waals surface area (Å²) >= 11 is 0. The molecule has 0 amide bonds. The van der Waals surface area contributed by atoms with Crippen molar-refractivity contribution in [2.24, 2.45) is 5.90 Å². The highest BCUT2D eigenvalue weighted by Gasteiger charge is 2.20. The van der Waals surface area contributed by atoms with Crippen LogP contribution < -0.4 is 5.90 Å². The second-order valence-corrected chi connectivity index (χ2v) is 3.67. The van der Waals surface area contributed by atoms with Gasteiger partial charge in [0.15, 0.2) is 0 Å². The summed E-state index contributed by atoms with van der Waals surface area (Å²) in [6, 6.07) is 10.3. The highest BCUT2D eigenvalue weighted by atomic mass is 16.6. The van der Waals surface area contributed by atoms with Crippen molar-refractivity contribution in [3.63, 3.8) is 0 Å². The molecule has 0 fully saturated rings. The molecule has 3 nitrogen and oxygen atoms in total. The molecular formula is C11H18N2O. The predicted octanol–water partition coefficient (Wildman–Crippen LogP) is 1.57. The molecule has 2 atom stereocenters. The summed E-state index contributed by atoms with van der Waals surface area (Å²) in [5.74, 6) is 5.32. The van der Waals surface area contributed by atoms with Crippen LogP contribution in [0, 0.1) is 0 Å². The Morgan fingerprint density at radius 3 is 2.21 bits per heavy atom. The number of benzene rings is 1. The minimum Gasteiger partial charge on any atom is -0.304 e. The van der Waals surface area contributed by atoms with Gasteiger partial charge in [0.2, 0.25) is 0 Å². The molecule has 3 heteroatoms. The number of rotatable bonds is 4. The molecular weight excluding hydrogens is 176 g/mol. The number of likely N-dealkylation sites (N-methyl/N-ethyl adjacent to an activating group) is 1. The normalized spacial score (nSPS) is 15.5. The molecule has 0 unspecified atom stereocenters. The molecule has 2 N–H and O–H groups in total. The molecule has 1 rings (SSSR count). The van der Waals surface area contributed by atoms with Gasteiger partial charge in [0, 0.05) is 6.04 Å². The Kier molecular flexibility index (Phi) is 4.07. The van der Waals surface area contributed by atoms with Crippen molar-refractivity contribution < 1.29 is 4.84 Å². The third-order valence-corrected chi connectivity index (χ3v) is 2.53. The van der Waals surface area contributed by atoms with Crippen molar-refractivity contribution in [2.75, 3.05) is 14.1 Å². The van der Waals surface area contributed by atoms with E-state index < -0.39 is 0 Å². The lowest BCUT2D eigenvalue weighted by atomic mass is 10.0. The largest absolute Gasteiger partial charge is 0.304 e. The van der Waals surface area contributed by atoms with Crippen molar-refractivity contribution in [3.8, 4) is 0 Å². The molecule has 0 radical (unpaired) electrons. The van der Waals surface area contributed by atoms with Gasteiger partial charge < -0.3 is 4.90 Å². The monoisotopic (exact) mass is 194 g/mol. The van der Waals surface area contributed by atoms with E-state index in [1.807, 2.05) is 44.4 Å². The maximum Gasteiger partial charge on any atom is 0.119 e. The first-order valence-corrected chi connectivity index (χ1v) is 4.73. The lowest BCUT2D eigenvalue weighted by Gasteiger charge is -2.27. The molecule has 0 bridgehead atoms.